The van der Waals surface area contributed by atoms with Crippen LogP contribution in [0.4, 0.5) is 0 Å². The van der Waals surface area contributed by atoms with Crippen molar-refractivity contribution in [3.05, 3.63) is 60.3 Å². The van der Waals surface area contributed by atoms with Gasteiger partial charge in [-0.25, -0.2) is 12.4 Å². The summed E-state index contributed by atoms with van der Waals surface area (Å²) < 4.78 is 32.4. The molecule has 2 aromatic carbocycles. The van der Waals surface area contributed by atoms with Gasteiger partial charge in [0.2, 0.25) is 0 Å². The lowest BCUT2D eigenvalue weighted by Crippen LogP contribution is -2.12. The first kappa shape index (κ1) is 15.6. The summed E-state index contributed by atoms with van der Waals surface area (Å²) in [5.41, 5.74) is 1.58. The van der Waals surface area contributed by atoms with Crippen molar-refractivity contribution in [2.45, 2.75) is 11.4 Å². The van der Waals surface area contributed by atoms with Gasteiger partial charge in [-0.3, -0.25) is 0 Å². The van der Waals surface area contributed by atoms with Crippen LogP contribution in [0.5, 0.6) is 5.75 Å². The van der Waals surface area contributed by atoms with Crippen LogP contribution in [0.1, 0.15) is 5.56 Å². The van der Waals surface area contributed by atoms with Crippen LogP contribution < -0.4 is 10.1 Å². The predicted molar refractivity (Wildman–Crippen MR) is 90.3 cm³/mol. The van der Waals surface area contributed by atoms with Crippen LogP contribution in [0.3, 0.4) is 0 Å². The van der Waals surface area contributed by atoms with Gasteiger partial charge in [-0.2, -0.15) is 0 Å². The van der Waals surface area contributed by atoms with E-state index in [0.717, 1.165) is 16.7 Å². The maximum Gasteiger partial charge on any atom is 0.268 e. The molecule has 0 fully saturated rings. The minimum atomic E-state index is -3.62. The average Bonchev–Trinajstić information content (AvgIpc) is 3.01. The summed E-state index contributed by atoms with van der Waals surface area (Å²) in [6.07, 6.45) is 1.59. The largest absolute Gasteiger partial charge is 0.496 e. The number of hydrogen-bond donors (Lipinski definition) is 1. The highest BCUT2D eigenvalue weighted by atomic mass is 32.2. The van der Waals surface area contributed by atoms with Gasteiger partial charge in [-0.15, -0.1) is 0 Å². The molecule has 0 radical (unpaired) electrons. The Morgan fingerprint density at radius 2 is 1.83 bits per heavy atom. The standard InChI is InChI=1S/C17H18N2O3S/c1-18-12-15-14-10-11-19(16(14)8-9-17(15)22-2)23(20,21)13-6-4-3-5-7-13/h3-11,18H,12H2,1-2H3. The van der Waals surface area contributed by atoms with Gasteiger partial charge >= 0.3 is 0 Å². The first-order chi connectivity index (χ1) is 11.1. The summed E-state index contributed by atoms with van der Waals surface area (Å²) in [6, 6.07) is 13.8. The lowest BCUT2D eigenvalue weighted by molar-refractivity contribution is 0.409. The summed E-state index contributed by atoms with van der Waals surface area (Å²) >= 11 is 0. The van der Waals surface area contributed by atoms with E-state index in [9.17, 15) is 8.42 Å². The third-order valence-electron chi connectivity index (χ3n) is 3.78. The molecule has 5 nitrogen and oxygen atoms in total. The summed E-state index contributed by atoms with van der Waals surface area (Å²) in [6.45, 7) is 0.593. The Hall–Kier alpha value is -2.31. The first-order valence-electron chi connectivity index (χ1n) is 7.21. The topological polar surface area (TPSA) is 60.3 Å². The number of hydrogen-bond acceptors (Lipinski definition) is 4. The SMILES string of the molecule is CNCc1c(OC)ccc2c1ccn2S(=O)(=O)c1ccccc1. The van der Waals surface area contributed by atoms with Crippen LogP contribution >= 0.6 is 0 Å². The van der Waals surface area contributed by atoms with Gasteiger partial charge in [0.1, 0.15) is 5.75 Å². The normalized spacial score (nSPS) is 11.7. The Morgan fingerprint density at radius 1 is 1.09 bits per heavy atom. The van der Waals surface area contributed by atoms with Crippen molar-refractivity contribution in [1.29, 1.82) is 0 Å². The molecule has 0 amide bonds. The van der Waals surface area contributed by atoms with Crippen molar-refractivity contribution in [1.82, 2.24) is 9.29 Å². The smallest absolute Gasteiger partial charge is 0.268 e. The zero-order valence-electron chi connectivity index (χ0n) is 13.0. The molecule has 0 saturated heterocycles. The minimum Gasteiger partial charge on any atom is -0.496 e. The van der Waals surface area contributed by atoms with Crippen molar-refractivity contribution < 1.29 is 13.2 Å². The molecule has 3 rings (SSSR count). The maximum absolute atomic E-state index is 12.8. The Kier molecular flexibility index (Phi) is 4.11. The number of nitrogens with zero attached hydrogens (tertiary/aromatic N) is 1. The molecule has 0 saturated carbocycles. The molecule has 120 valence electrons. The average molecular weight is 330 g/mol. The third-order valence-corrected chi connectivity index (χ3v) is 5.48. The Labute approximate surface area is 135 Å². The van der Waals surface area contributed by atoms with Crippen molar-refractivity contribution in [3.8, 4) is 5.75 Å². The van der Waals surface area contributed by atoms with E-state index in [4.69, 9.17) is 4.74 Å². The number of aromatic nitrogens is 1. The molecule has 1 heterocycles. The van der Waals surface area contributed by atoms with Gasteiger partial charge in [0, 0.05) is 23.7 Å². The summed E-state index contributed by atoms with van der Waals surface area (Å²) in [7, 11) is -0.166. The second-order valence-corrected chi connectivity index (χ2v) is 6.95. The predicted octanol–water partition coefficient (Wildman–Crippen LogP) is 2.61. The van der Waals surface area contributed by atoms with E-state index in [1.807, 2.05) is 13.1 Å². The molecular weight excluding hydrogens is 312 g/mol. The van der Waals surface area contributed by atoms with Crippen molar-refractivity contribution in [2.75, 3.05) is 14.2 Å². The van der Waals surface area contributed by atoms with Crippen LogP contribution in [0.2, 0.25) is 0 Å². The molecule has 0 aliphatic carbocycles. The molecule has 0 aliphatic heterocycles. The molecule has 0 spiro atoms. The minimum absolute atomic E-state index is 0.267. The second-order valence-electron chi connectivity index (χ2n) is 5.14. The number of rotatable bonds is 5. The second kappa shape index (κ2) is 6.06. The monoisotopic (exact) mass is 330 g/mol. The number of nitrogens with one attached hydrogen (secondary N) is 1. The van der Waals surface area contributed by atoms with Gasteiger partial charge in [-0.1, -0.05) is 18.2 Å². The molecule has 0 unspecified atom stereocenters. The van der Waals surface area contributed by atoms with E-state index in [-0.39, 0.29) is 4.90 Å². The zero-order valence-corrected chi connectivity index (χ0v) is 13.8. The highest BCUT2D eigenvalue weighted by Crippen LogP contribution is 2.30. The number of benzene rings is 2. The Morgan fingerprint density at radius 3 is 2.48 bits per heavy atom. The molecule has 0 aliphatic rings. The molecule has 23 heavy (non-hydrogen) atoms. The van der Waals surface area contributed by atoms with E-state index in [2.05, 4.69) is 5.32 Å². The Balaban J connectivity index is 2.23. The molecule has 3 aromatic rings. The molecule has 1 N–H and O–H groups in total. The molecule has 6 heteroatoms. The molecular formula is C17H18N2O3S. The van der Waals surface area contributed by atoms with Gasteiger partial charge in [0.25, 0.3) is 10.0 Å². The van der Waals surface area contributed by atoms with E-state index in [1.165, 1.54) is 3.97 Å². The van der Waals surface area contributed by atoms with E-state index >= 15 is 0 Å². The van der Waals surface area contributed by atoms with Gasteiger partial charge in [0.15, 0.2) is 0 Å². The van der Waals surface area contributed by atoms with E-state index < -0.39 is 10.0 Å². The number of methoxy groups -OCH3 is 1. The van der Waals surface area contributed by atoms with E-state index in [0.29, 0.717) is 12.1 Å². The van der Waals surface area contributed by atoms with Crippen LogP contribution in [0.15, 0.2) is 59.6 Å². The first-order valence-corrected chi connectivity index (χ1v) is 8.65. The van der Waals surface area contributed by atoms with E-state index in [1.54, 1.807) is 55.8 Å². The van der Waals surface area contributed by atoms with Gasteiger partial charge in [0.05, 0.1) is 17.5 Å². The lowest BCUT2D eigenvalue weighted by Gasteiger charge is -2.11. The van der Waals surface area contributed by atoms with Crippen molar-refractivity contribution in [3.63, 3.8) is 0 Å². The number of ether oxygens (including phenoxy) is 1. The summed E-state index contributed by atoms with van der Waals surface area (Å²) in [5, 5.41) is 3.95. The molecule has 1 aromatic heterocycles. The molecule has 0 atom stereocenters. The van der Waals surface area contributed by atoms with Gasteiger partial charge in [-0.05, 0) is 37.4 Å². The van der Waals surface area contributed by atoms with Crippen LogP contribution in [-0.2, 0) is 16.6 Å². The quantitative estimate of drug-likeness (QED) is 0.781. The highest BCUT2D eigenvalue weighted by Gasteiger charge is 2.20. The zero-order chi connectivity index (χ0) is 16.4. The van der Waals surface area contributed by atoms with Crippen LogP contribution in [0.25, 0.3) is 10.9 Å². The fourth-order valence-electron chi connectivity index (χ4n) is 2.70. The fourth-order valence-corrected chi connectivity index (χ4v) is 4.07. The van der Waals surface area contributed by atoms with Crippen LogP contribution in [0, 0.1) is 0 Å². The fraction of sp³-hybridized carbons (Fsp3) is 0.176. The van der Waals surface area contributed by atoms with Gasteiger partial charge < -0.3 is 10.1 Å². The third kappa shape index (κ3) is 2.60. The van der Waals surface area contributed by atoms with Crippen LogP contribution in [-0.4, -0.2) is 26.5 Å². The maximum atomic E-state index is 12.8. The highest BCUT2D eigenvalue weighted by molar-refractivity contribution is 7.90. The lowest BCUT2D eigenvalue weighted by atomic mass is 10.1. The number of fused-ring (bicyclic) bond motifs is 1. The summed E-state index contributed by atoms with van der Waals surface area (Å²) in [4.78, 5) is 0.267. The molecule has 0 bridgehead atoms. The summed E-state index contributed by atoms with van der Waals surface area (Å²) in [5.74, 6) is 0.738. The Bertz CT molecular complexity index is 931. The van der Waals surface area contributed by atoms with Crippen molar-refractivity contribution >= 4 is 20.9 Å². The van der Waals surface area contributed by atoms with Crippen molar-refractivity contribution in [2.24, 2.45) is 0 Å².